The van der Waals surface area contributed by atoms with Gasteiger partial charge in [0.2, 0.25) is 5.75 Å². The fraction of sp³-hybridized carbons (Fsp3) is 0.480. The number of hydrogen-bond acceptors (Lipinski definition) is 6. The minimum Gasteiger partial charge on any atom is -0.501 e. The van der Waals surface area contributed by atoms with Crippen LogP contribution < -0.4 is 10.9 Å². The maximum Gasteiger partial charge on any atom is 0.312 e. The van der Waals surface area contributed by atoms with E-state index in [2.05, 4.69) is 10.3 Å². The predicted molar refractivity (Wildman–Crippen MR) is 128 cm³/mol. The van der Waals surface area contributed by atoms with Crippen LogP contribution >= 0.6 is 0 Å². The maximum absolute atomic E-state index is 13.5. The lowest BCUT2D eigenvalue weighted by Gasteiger charge is -2.38. The van der Waals surface area contributed by atoms with E-state index < -0.39 is 34.7 Å². The molecule has 2 N–H and O–H groups in total. The minimum atomic E-state index is -0.739. The monoisotopic (exact) mass is 499 g/mol. The summed E-state index contributed by atoms with van der Waals surface area (Å²) < 4.78 is 14.9. The van der Waals surface area contributed by atoms with Crippen LogP contribution in [-0.4, -0.2) is 69.4 Å². The van der Waals surface area contributed by atoms with Crippen molar-refractivity contribution in [2.24, 2.45) is 5.92 Å². The maximum atomic E-state index is 13.5. The summed E-state index contributed by atoms with van der Waals surface area (Å²) in [7, 11) is 4.57. The lowest BCUT2D eigenvalue weighted by atomic mass is 9.78. The number of halogens is 1. The summed E-state index contributed by atoms with van der Waals surface area (Å²) in [6, 6.07) is 4.05. The van der Waals surface area contributed by atoms with E-state index in [1.165, 1.54) is 40.6 Å². The van der Waals surface area contributed by atoms with E-state index in [-0.39, 0.29) is 30.2 Å². The van der Waals surface area contributed by atoms with Crippen molar-refractivity contribution in [1.82, 2.24) is 24.7 Å². The van der Waals surface area contributed by atoms with E-state index in [1.807, 2.05) is 0 Å². The molecule has 1 fully saturated rings. The third kappa shape index (κ3) is 4.57. The molecule has 2 bridgehead atoms. The van der Waals surface area contributed by atoms with E-state index in [0.717, 1.165) is 6.42 Å². The highest BCUT2D eigenvalue weighted by Gasteiger charge is 2.43. The van der Waals surface area contributed by atoms with Gasteiger partial charge in [-0.25, -0.2) is 9.37 Å². The molecule has 1 aliphatic carbocycles. The molecule has 10 nitrogen and oxygen atoms in total. The van der Waals surface area contributed by atoms with Crippen molar-refractivity contribution < 1.29 is 23.9 Å². The van der Waals surface area contributed by atoms with Gasteiger partial charge in [0.1, 0.15) is 11.6 Å². The summed E-state index contributed by atoms with van der Waals surface area (Å²) in [5.41, 5.74) is -0.0249. The SMILES string of the molecule is Cc1cc(CNC(=O)c2nc3n(c(=O)c2O)CC2CCC3C(N(C)C(=O)C(=O)N(C)C)C2)ccc1F. The first-order valence-corrected chi connectivity index (χ1v) is 11.8. The Kier molecular flexibility index (Phi) is 6.83. The Morgan fingerprint density at radius 3 is 2.58 bits per heavy atom. The minimum absolute atomic E-state index is 0.0531. The van der Waals surface area contributed by atoms with Crippen molar-refractivity contribution in [2.45, 2.75) is 51.2 Å². The molecule has 3 heterocycles. The highest BCUT2D eigenvalue weighted by Crippen LogP contribution is 2.42. The number of benzene rings is 1. The Bertz CT molecular complexity index is 1290. The molecule has 192 valence electrons. The topological polar surface area (TPSA) is 125 Å². The van der Waals surface area contributed by atoms with E-state index in [1.54, 1.807) is 20.0 Å². The number of nitrogens with zero attached hydrogens (tertiary/aromatic N) is 4. The van der Waals surface area contributed by atoms with Gasteiger partial charge in [-0.1, -0.05) is 12.1 Å². The third-order valence-electron chi connectivity index (χ3n) is 7.17. The molecule has 5 rings (SSSR count). The number of rotatable bonds is 4. The Hall–Kier alpha value is -3.76. The predicted octanol–water partition coefficient (Wildman–Crippen LogP) is 1.14. The van der Waals surface area contributed by atoms with Gasteiger partial charge in [-0.15, -0.1) is 0 Å². The molecule has 0 spiro atoms. The molecule has 1 aromatic carbocycles. The molecule has 2 aromatic rings. The first-order valence-electron chi connectivity index (χ1n) is 11.8. The molecular formula is C25H30FN5O5. The molecule has 1 saturated carbocycles. The van der Waals surface area contributed by atoms with Crippen LogP contribution in [-0.2, 0) is 22.7 Å². The van der Waals surface area contributed by atoms with Crippen molar-refractivity contribution in [3.8, 4) is 5.75 Å². The van der Waals surface area contributed by atoms with Gasteiger partial charge in [-0.05, 0) is 49.3 Å². The van der Waals surface area contributed by atoms with Crippen molar-refractivity contribution in [2.75, 3.05) is 21.1 Å². The molecule has 2 aliphatic heterocycles. The molecule has 0 radical (unpaired) electrons. The Morgan fingerprint density at radius 1 is 1.19 bits per heavy atom. The lowest BCUT2D eigenvalue weighted by molar-refractivity contribution is -0.151. The van der Waals surface area contributed by atoms with Gasteiger partial charge in [0.25, 0.3) is 11.5 Å². The molecule has 0 saturated heterocycles. The van der Waals surface area contributed by atoms with Crippen LogP contribution in [0.2, 0.25) is 0 Å². The Morgan fingerprint density at radius 2 is 1.92 bits per heavy atom. The van der Waals surface area contributed by atoms with Crippen molar-refractivity contribution in [3.05, 3.63) is 57.0 Å². The number of fused-ring (bicyclic) bond motifs is 2. The number of aromatic hydroxyl groups is 1. The molecule has 1 aromatic heterocycles. The second-order valence-corrected chi connectivity index (χ2v) is 9.82. The molecule has 3 amide bonds. The Balaban J connectivity index is 1.65. The highest BCUT2D eigenvalue weighted by molar-refractivity contribution is 6.34. The van der Waals surface area contributed by atoms with Crippen LogP contribution in [0.25, 0.3) is 0 Å². The number of carbonyl (C=O) groups is 3. The van der Waals surface area contributed by atoms with E-state index in [0.29, 0.717) is 36.3 Å². The third-order valence-corrected chi connectivity index (χ3v) is 7.17. The van der Waals surface area contributed by atoms with Gasteiger partial charge < -0.3 is 20.2 Å². The fourth-order valence-corrected chi connectivity index (χ4v) is 5.14. The van der Waals surface area contributed by atoms with Crippen LogP contribution in [0.4, 0.5) is 4.39 Å². The average Bonchev–Trinajstić information content (AvgIpc) is 3.13. The van der Waals surface area contributed by atoms with Crippen molar-refractivity contribution >= 4 is 17.7 Å². The van der Waals surface area contributed by atoms with Crippen LogP contribution in [0.3, 0.4) is 0 Å². The number of aromatic nitrogens is 2. The number of hydrogen-bond donors (Lipinski definition) is 2. The summed E-state index contributed by atoms with van der Waals surface area (Å²) in [6.45, 7) is 1.97. The van der Waals surface area contributed by atoms with Crippen LogP contribution in [0.1, 0.15) is 52.6 Å². The second-order valence-electron chi connectivity index (χ2n) is 9.82. The van der Waals surface area contributed by atoms with Crippen LogP contribution in [0.5, 0.6) is 5.75 Å². The number of carbonyl (C=O) groups excluding carboxylic acids is 3. The molecule has 3 aliphatic rings. The van der Waals surface area contributed by atoms with Gasteiger partial charge in [-0.3, -0.25) is 23.7 Å². The van der Waals surface area contributed by atoms with Gasteiger partial charge in [0, 0.05) is 46.2 Å². The molecule has 3 unspecified atom stereocenters. The zero-order valence-electron chi connectivity index (χ0n) is 20.7. The normalized spacial score (nSPS) is 20.3. The fourth-order valence-electron chi connectivity index (χ4n) is 5.14. The number of nitrogens with one attached hydrogen (secondary N) is 1. The summed E-state index contributed by atoms with van der Waals surface area (Å²) in [6.07, 6.45) is 1.98. The zero-order valence-corrected chi connectivity index (χ0v) is 20.7. The average molecular weight is 500 g/mol. The van der Waals surface area contributed by atoms with Crippen molar-refractivity contribution in [3.63, 3.8) is 0 Å². The first-order chi connectivity index (χ1) is 17.0. The highest BCUT2D eigenvalue weighted by atomic mass is 19.1. The number of likely N-dealkylation sites (N-methyl/N-ethyl adjacent to an activating group) is 2. The Labute approximate surface area is 207 Å². The molecule has 3 atom stereocenters. The van der Waals surface area contributed by atoms with Gasteiger partial charge in [-0.2, -0.15) is 0 Å². The number of aryl methyl sites for hydroxylation is 1. The summed E-state index contributed by atoms with van der Waals surface area (Å²) in [4.78, 5) is 58.1. The molecule has 11 heteroatoms. The van der Waals surface area contributed by atoms with Gasteiger partial charge >= 0.3 is 11.8 Å². The standard InChI is InChI=1S/C25H30FN5O5/c1-13-9-14(6-8-17(13)26)11-27-22(33)19-20(32)23(34)31-12-15-5-7-16(21(31)28-19)18(10-15)30(4)25(36)24(35)29(2)3/h6,8-9,15-16,18,32H,5,7,10-12H2,1-4H3,(H,27,33). The summed E-state index contributed by atoms with van der Waals surface area (Å²) in [5.74, 6) is -3.15. The van der Waals surface area contributed by atoms with E-state index >= 15 is 0 Å². The van der Waals surface area contributed by atoms with E-state index in [9.17, 15) is 28.7 Å². The van der Waals surface area contributed by atoms with Crippen LogP contribution in [0.15, 0.2) is 23.0 Å². The lowest BCUT2D eigenvalue weighted by Crippen LogP contribution is -2.49. The molecular weight excluding hydrogens is 469 g/mol. The van der Waals surface area contributed by atoms with E-state index in [4.69, 9.17) is 0 Å². The summed E-state index contributed by atoms with van der Waals surface area (Å²) >= 11 is 0. The van der Waals surface area contributed by atoms with Gasteiger partial charge in [0.15, 0.2) is 5.69 Å². The van der Waals surface area contributed by atoms with Crippen molar-refractivity contribution in [1.29, 1.82) is 0 Å². The second kappa shape index (κ2) is 9.71. The zero-order chi connectivity index (χ0) is 26.3. The smallest absolute Gasteiger partial charge is 0.312 e. The van der Waals surface area contributed by atoms with Crippen LogP contribution in [0, 0.1) is 18.7 Å². The quantitative estimate of drug-likeness (QED) is 0.608. The summed E-state index contributed by atoms with van der Waals surface area (Å²) in [5, 5.41) is 13.2. The number of amides is 3. The largest absolute Gasteiger partial charge is 0.501 e. The molecule has 36 heavy (non-hydrogen) atoms. The van der Waals surface area contributed by atoms with Gasteiger partial charge in [0.05, 0.1) is 0 Å². The first kappa shape index (κ1) is 25.3.